The molecular formula is C17H16N4O4. The molecule has 2 heterocycles. The molecule has 0 saturated carbocycles. The third-order valence-electron chi connectivity index (χ3n) is 3.58. The van der Waals surface area contributed by atoms with E-state index in [0.29, 0.717) is 16.7 Å². The Balaban J connectivity index is 1.83. The third kappa shape index (κ3) is 3.57. The van der Waals surface area contributed by atoms with Gasteiger partial charge in [-0.25, -0.2) is 0 Å². The molecule has 0 aliphatic rings. The number of nitrogens with one attached hydrogen (secondary N) is 2. The number of carbonyl (C=O) groups is 2. The quantitative estimate of drug-likeness (QED) is 0.744. The molecule has 0 aliphatic carbocycles. The van der Waals surface area contributed by atoms with Crippen molar-refractivity contribution < 1.29 is 14.0 Å². The van der Waals surface area contributed by atoms with E-state index in [9.17, 15) is 14.4 Å². The number of carbonyl (C=O) groups excluding carboxylic acids is 2. The van der Waals surface area contributed by atoms with Crippen LogP contribution in [-0.2, 0) is 11.3 Å². The van der Waals surface area contributed by atoms with Crippen LogP contribution >= 0.6 is 0 Å². The highest BCUT2D eigenvalue weighted by atomic mass is 16.3. The van der Waals surface area contributed by atoms with E-state index >= 15 is 0 Å². The molecule has 2 aromatic heterocycles. The molecule has 8 nitrogen and oxygen atoms in total. The molecule has 0 aliphatic heterocycles. The van der Waals surface area contributed by atoms with Crippen LogP contribution in [0.1, 0.15) is 16.1 Å². The molecular weight excluding hydrogens is 324 g/mol. The maximum Gasteiger partial charge on any atom is 0.291 e. The van der Waals surface area contributed by atoms with Crippen molar-refractivity contribution in [3.05, 3.63) is 58.2 Å². The Hall–Kier alpha value is -3.42. The van der Waals surface area contributed by atoms with E-state index in [4.69, 9.17) is 4.42 Å². The Labute approximate surface area is 142 Å². The summed E-state index contributed by atoms with van der Waals surface area (Å²) in [4.78, 5) is 35.8. The first-order valence-corrected chi connectivity index (χ1v) is 7.55. The molecule has 3 rings (SSSR count). The van der Waals surface area contributed by atoms with Crippen LogP contribution in [0.25, 0.3) is 11.0 Å². The molecule has 8 heteroatoms. The maximum absolute atomic E-state index is 12.3. The minimum absolute atomic E-state index is 0.0384. The van der Waals surface area contributed by atoms with E-state index in [0.717, 1.165) is 11.6 Å². The summed E-state index contributed by atoms with van der Waals surface area (Å²) in [7, 11) is 1.53. The smallest absolute Gasteiger partial charge is 0.291 e. The van der Waals surface area contributed by atoms with Gasteiger partial charge in [0.25, 0.3) is 5.91 Å². The van der Waals surface area contributed by atoms with E-state index in [-0.39, 0.29) is 23.6 Å². The molecule has 0 bridgehead atoms. The zero-order valence-corrected chi connectivity index (χ0v) is 13.7. The minimum Gasteiger partial charge on any atom is -0.451 e. The van der Waals surface area contributed by atoms with Gasteiger partial charge in [0.05, 0.1) is 17.3 Å². The molecule has 0 radical (unpaired) electrons. The number of rotatable bonds is 4. The van der Waals surface area contributed by atoms with Gasteiger partial charge in [-0.3, -0.25) is 19.1 Å². The fourth-order valence-corrected chi connectivity index (χ4v) is 2.31. The van der Waals surface area contributed by atoms with E-state index in [1.165, 1.54) is 24.1 Å². The number of likely N-dealkylation sites (N-methyl/N-ethyl adjacent to an activating group) is 1. The van der Waals surface area contributed by atoms with Gasteiger partial charge in [-0.15, -0.1) is 0 Å². The normalized spacial score (nSPS) is 10.6. The van der Waals surface area contributed by atoms with E-state index < -0.39 is 5.91 Å². The maximum atomic E-state index is 12.3. The monoisotopic (exact) mass is 340 g/mol. The molecule has 128 valence electrons. The second-order valence-corrected chi connectivity index (χ2v) is 5.53. The molecule has 0 atom stereocenters. The summed E-state index contributed by atoms with van der Waals surface area (Å²) in [6.07, 6.45) is 2.92. The van der Waals surface area contributed by atoms with Gasteiger partial charge in [0.1, 0.15) is 12.1 Å². The van der Waals surface area contributed by atoms with Crippen LogP contribution in [0.5, 0.6) is 0 Å². The number of nitrogens with zero attached hydrogens (tertiary/aromatic N) is 2. The van der Waals surface area contributed by atoms with Crippen molar-refractivity contribution in [3.63, 3.8) is 0 Å². The Bertz CT molecular complexity index is 1020. The van der Waals surface area contributed by atoms with Gasteiger partial charge in [-0.2, -0.15) is 5.10 Å². The summed E-state index contributed by atoms with van der Waals surface area (Å²) in [6, 6.07) is 6.33. The SMILES string of the molecule is CNC(=O)Cn1cc(NC(=O)c2cc(=O)c3ccc(C)cc3o2)cn1. The van der Waals surface area contributed by atoms with Crippen molar-refractivity contribution in [2.24, 2.45) is 0 Å². The first kappa shape index (κ1) is 16.4. The van der Waals surface area contributed by atoms with Crippen LogP contribution in [0.2, 0.25) is 0 Å². The second kappa shape index (κ2) is 6.60. The fraction of sp³-hybridized carbons (Fsp3) is 0.176. The standard InChI is InChI=1S/C17H16N4O4/c1-10-3-4-12-13(22)6-15(25-14(12)5-10)17(24)20-11-7-19-21(8-11)9-16(23)18-2/h3-8H,9H2,1-2H3,(H,18,23)(H,20,24). The summed E-state index contributed by atoms with van der Waals surface area (Å²) in [5.74, 6) is -0.876. The van der Waals surface area contributed by atoms with Crippen LogP contribution in [0.3, 0.4) is 0 Å². The predicted molar refractivity (Wildman–Crippen MR) is 91.5 cm³/mol. The van der Waals surface area contributed by atoms with Crippen LogP contribution < -0.4 is 16.1 Å². The highest BCUT2D eigenvalue weighted by Gasteiger charge is 2.14. The first-order valence-electron chi connectivity index (χ1n) is 7.55. The summed E-state index contributed by atoms with van der Waals surface area (Å²) in [5.41, 5.74) is 1.37. The average molecular weight is 340 g/mol. The van der Waals surface area contributed by atoms with Crippen molar-refractivity contribution >= 4 is 28.5 Å². The number of hydrogen-bond donors (Lipinski definition) is 2. The zero-order valence-electron chi connectivity index (χ0n) is 13.7. The lowest BCUT2D eigenvalue weighted by Crippen LogP contribution is -2.23. The Morgan fingerprint density at radius 2 is 2.08 bits per heavy atom. The zero-order chi connectivity index (χ0) is 18.0. The highest BCUT2D eigenvalue weighted by molar-refractivity contribution is 6.02. The first-order chi connectivity index (χ1) is 12.0. The van der Waals surface area contributed by atoms with Gasteiger partial charge < -0.3 is 15.1 Å². The molecule has 3 aromatic rings. The molecule has 1 aromatic carbocycles. The number of anilines is 1. The topological polar surface area (TPSA) is 106 Å². The van der Waals surface area contributed by atoms with Crippen LogP contribution in [0.15, 0.2) is 45.9 Å². The van der Waals surface area contributed by atoms with Crippen LogP contribution in [0, 0.1) is 6.92 Å². The average Bonchev–Trinajstić information content (AvgIpc) is 3.00. The molecule has 2 amide bonds. The van der Waals surface area contributed by atoms with E-state index in [1.807, 2.05) is 6.92 Å². The lowest BCUT2D eigenvalue weighted by atomic mass is 10.1. The fourth-order valence-electron chi connectivity index (χ4n) is 2.31. The van der Waals surface area contributed by atoms with Crippen molar-refractivity contribution in [2.75, 3.05) is 12.4 Å². The molecule has 25 heavy (non-hydrogen) atoms. The molecule has 0 fully saturated rings. The van der Waals surface area contributed by atoms with E-state index in [2.05, 4.69) is 15.7 Å². The molecule has 0 unspecified atom stereocenters. The second-order valence-electron chi connectivity index (χ2n) is 5.53. The Morgan fingerprint density at radius 3 is 2.84 bits per heavy atom. The Morgan fingerprint density at radius 1 is 1.28 bits per heavy atom. The van der Waals surface area contributed by atoms with Crippen molar-refractivity contribution in [2.45, 2.75) is 13.5 Å². The van der Waals surface area contributed by atoms with Gasteiger partial charge in [0.15, 0.2) is 11.2 Å². The third-order valence-corrected chi connectivity index (χ3v) is 3.58. The highest BCUT2D eigenvalue weighted by Crippen LogP contribution is 2.15. The lowest BCUT2D eigenvalue weighted by Gasteiger charge is -2.04. The van der Waals surface area contributed by atoms with Gasteiger partial charge in [0.2, 0.25) is 5.91 Å². The number of hydrogen-bond acceptors (Lipinski definition) is 5. The van der Waals surface area contributed by atoms with Gasteiger partial charge in [-0.1, -0.05) is 6.07 Å². The summed E-state index contributed by atoms with van der Waals surface area (Å²) in [5, 5.41) is 9.47. The van der Waals surface area contributed by atoms with Gasteiger partial charge in [0, 0.05) is 19.3 Å². The van der Waals surface area contributed by atoms with Gasteiger partial charge in [-0.05, 0) is 24.6 Å². The Kier molecular flexibility index (Phi) is 4.34. The summed E-state index contributed by atoms with van der Waals surface area (Å²) >= 11 is 0. The molecule has 0 spiro atoms. The molecule has 0 saturated heterocycles. The van der Waals surface area contributed by atoms with Crippen molar-refractivity contribution in [1.82, 2.24) is 15.1 Å². The van der Waals surface area contributed by atoms with Crippen LogP contribution in [-0.4, -0.2) is 28.6 Å². The van der Waals surface area contributed by atoms with Crippen molar-refractivity contribution in [3.8, 4) is 0 Å². The summed E-state index contributed by atoms with van der Waals surface area (Å²) < 4.78 is 6.93. The van der Waals surface area contributed by atoms with Crippen LogP contribution in [0.4, 0.5) is 5.69 Å². The largest absolute Gasteiger partial charge is 0.451 e. The number of fused-ring (bicyclic) bond motifs is 1. The number of aromatic nitrogens is 2. The predicted octanol–water partition coefficient (Wildman–Crippen LogP) is 1.30. The summed E-state index contributed by atoms with van der Waals surface area (Å²) in [6.45, 7) is 1.91. The van der Waals surface area contributed by atoms with Gasteiger partial charge >= 0.3 is 0 Å². The van der Waals surface area contributed by atoms with Crippen molar-refractivity contribution in [1.29, 1.82) is 0 Å². The number of benzene rings is 1. The number of aryl methyl sites for hydroxylation is 1. The minimum atomic E-state index is -0.569. The van der Waals surface area contributed by atoms with E-state index in [1.54, 1.807) is 18.2 Å². The number of amides is 2. The lowest BCUT2D eigenvalue weighted by molar-refractivity contribution is -0.121. The molecule has 2 N–H and O–H groups in total.